The molecular weight excluding hydrogens is 480 g/mol. The van der Waals surface area contributed by atoms with Gasteiger partial charge in [-0.3, -0.25) is 4.79 Å². The van der Waals surface area contributed by atoms with Gasteiger partial charge in [-0.1, -0.05) is 58.3 Å². The number of aliphatic hydroxyl groups is 7. The molecule has 0 aliphatic carbocycles. The topological polar surface area (TPSA) is 196 Å². The Labute approximate surface area is 211 Å². The molecule has 0 spiro atoms. The van der Waals surface area contributed by atoms with Crippen molar-refractivity contribution in [2.45, 2.75) is 133 Å². The first kappa shape index (κ1) is 31.3. The molecule has 2 heterocycles. The molecule has 0 aromatic rings. The SMILES string of the molecule is CCCCCCCCCCCC(=O)O[C@H]1[C@H](O[C@H]2[C@H](O)[C@@H](O)[C@H](O)O[C@@H]2CO)O[C@H](CO)[C@H](O)[C@@H]1O. The molecule has 0 aromatic carbocycles. The Bertz CT molecular complexity index is 620. The van der Waals surface area contributed by atoms with Crippen LogP contribution in [0.25, 0.3) is 0 Å². The van der Waals surface area contributed by atoms with Crippen LogP contribution in [-0.4, -0.2) is 116 Å². The zero-order chi connectivity index (χ0) is 26.7. The Balaban J connectivity index is 1.93. The first-order valence-electron chi connectivity index (χ1n) is 13.0. The van der Waals surface area contributed by atoms with Crippen LogP contribution in [0.4, 0.5) is 0 Å². The summed E-state index contributed by atoms with van der Waals surface area (Å²) in [5, 5.41) is 69.8. The van der Waals surface area contributed by atoms with Crippen molar-refractivity contribution in [1.29, 1.82) is 0 Å². The van der Waals surface area contributed by atoms with Crippen molar-refractivity contribution < 1.29 is 59.5 Å². The van der Waals surface area contributed by atoms with Crippen LogP contribution < -0.4 is 0 Å². The van der Waals surface area contributed by atoms with Gasteiger partial charge in [0.15, 0.2) is 18.7 Å². The predicted octanol–water partition coefficient (Wildman–Crippen LogP) is -0.925. The number of esters is 1. The Hall–Kier alpha value is -0.930. The van der Waals surface area contributed by atoms with Gasteiger partial charge in [0.25, 0.3) is 0 Å². The number of hydrogen-bond donors (Lipinski definition) is 7. The van der Waals surface area contributed by atoms with Gasteiger partial charge in [0.1, 0.15) is 42.7 Å². The highest BCUT2D eigenvalue weighted by molar-refractivity contribution is 5.69. The van der Waals surface area contributed by atoms with E-state index in [4.69, 9.17) is 18.9 Å². The zero-order valence-electron chi connectivity index (χ0n) is 20.9. The fraction of sp³-hybridized carbons (Fsp3) is 0.958. The molecule has 36 heavy (non-hydrogen) atoms. The Morgan fingerprint density at radius 3 is 1.83 bits per heavy atom. The Kier molecular flexibility index (Phi) is 14.0. The van der Waals surface area contributed by atoms with Gasteiger partial charge in [0.05, 0.1) is 13.2 Å². The van der Waals surface area contributed by atoms with Crippen LogP contribution in [0.5, 0.6) is 0 Å². The van der Waals surface area contributed by atoms with Gasteiger partial charge in [0, 0.05) is 6.42 Å². The van der Waals surface area contributed by atoms with E-state index in [2.05, 4.69) is 6.92 Å². The summed E-state index contributed by atoms with van der Waals surface area (Å²) in [6.45, 7) is 0.786. The van der Waals surface area contributed by atoms with Crippen LogP contribution in [0.1, 0.15) is 71.1 Å². The van der Waals surface area contributed by atoms with Crippen LogP contribution in [0.3, 0.4) is 0 Å². The number of unbranched alkanes of at least 4 members (excludes halogenated alkanes) is 8. The monoisotopic (exact) mass is 524 g/mol. The van der Waals surface area contributed by atoms with Crippen molar-refractivity contribution in [2.75, 3.05) is 13.2 Å². The summed E-state index contributed by atoms with van der Waals surface area (Å²) >= 11 is 0. The third-order valence-corrected chi connectivity index (χ3v) is 6.71. The van der Waals surface area contributed by atoms with Crippen molar-refractivity contribution >= 4 is 5.97 Å². The van der Waals surface area contributed by atoms with Crippen molar-refractivity contribution in [1.82, 2.24) is 0 Å². The fourth-order valence-electron chi connectivity index (χ4n) is 4.47. The number of ether oxygens (including phenoxy) is 4. The molecular formula is C24H44O12. The number of rotatable bonds is 15. The van der Waals surface area contributed by atoms with E-state index in [0.717, 1.165) is 25.7 Å². The van der Waals surface area contributed by atoms with Crippen LogP contribution >= 0.6 is 0 Å². The highest BCUT2D eigenvalue weighted by atomic mass is 16.7. The average Bonchev–Trinajstić information content (AvgIpc) is 2.87. The molecule has 2 rings (SSSR count). The van der Waals surface area contributed by atoms with Gasteiger partial charge in [-0.05, 0) is 6.42 Å². The highest BCUT2D eigenvalue weighted by Crippen LogP contribution is 2.30. The van der Waals surface area contributed by atoms with Crippen LogP contribution in [0.2, 0.25) is 0 Å². The molecule has 12 nitrogen and oxygen atoms in total. The third-order valence-electron chi connectivity index (χ3n) is 6.71. The maximum absolute atomic E-state index is 12.5. The zero-order valence-corrected chi connectivity index (χ0v) is 20.9. The number of aliphatic hydroxyl groups excluding tert-OH is 7. The van der Waals surface area contributed by atoms with E-state index in [9.17, 15) is 40.5 Å². The molecule has 2 fully saturated rings. The van der Waals surface area contributed by atoms with E-state index >= 15 is 0 Å². The lowest BCUT2D eigenvalue weighted by molar-refractivity contribution is -0.355. The molecule has 0 amide bonds. The second-order valence-electron chi connectivity index (χ2n) is 9.57. The van der Waals surface area contributed by atoms with Gasteiger partial charge in [-0.15, -0.1) is 0 Å². The maximum Gasteiger partial charge on any atom is 0.306 e. The lowest BCUT2D eigenvalue weighted by atomic mass is 9.97. The summed E-state index contributed by atoms with van der Waals surface area (Å²) in [6, 6.07) is 0. The summed E-state index contributed by atoms with van der Waals surface area (Å²) in [5.74, 6) is -0.650. The largest absolute Gasteiger partial charge is 0.454 e. The Morgan fingerprint density at radius 2 is 1.25 bits per heavy atom. The van der Waals surface area contributed by atoms with Crippen LogP contribution in [-0.2, 0) is 23.7 Å². The van der Waals surface area contributed by atoms with Gasteiger partial charge < -0.3 is 54.7 Å². The molecule has 0 radical (unpaired) electrons. The first-order chi connectivity index (χ1) is 17.2. The smallest absolute Gasteiger partial charge is 0.306 e. The molecule has 0 unspecified atom stereocenters. The second kappa shape index (κ2) is 16.1. The summed E-state index contributed by atoms with van der Waals surface area (Å²) in [5.41, 5.74) is 0. The van der Waals surface area contributed by atoms with Crippen molar-refractivity contribution in [3.63, 3.8) is 0 Å². The molecule has 10 atom stereocenters. The summed E-state index contributed by atoms with van der Waals surface area (Å²) in [4.78, 5) is 12.5. The van der Waals surface area contributed by atoms with E-state index in [1.165, 1.54) is 25.7 Å². The van der Waals surface area contributed by atoms with Crippen molar-refractivity contribution in [2.24, 2.45) is 0 Å². The summed E-state index contributed by atoms with van der Waals surface area (Å²) < 4.78 is 21.5. The quantitative estimate of drug-likeness (QED) is 0.103. The lowest BCUT2D eigenvalue weighted by Gasteiger charge is -2.46. The predicted molar refractivity (Wildman–Crippen MR) is 124 cm³/mol. The second-order valence-corrected chi connectivity index (χ2v) is 9.57. The number of carbonyl (C=O) groups is 1. The van der Waals surface area contributed by atoms with Crippen molar-refractivity contribution in [3.8, 4) is 0 Å². The van der Waals surface area contributed by atoms with E-state index in [1.807, 2.05) is 0 Å². The molecule has 0 bridgehead atoms. The standard InChI is InChI=1S/C24H44O12/c1-2-3-4-5-6-7-8-9-10-11-16(27)35-22-18(29)17(28)14(12-25)34-24(22)36-21-15(13-26)33-23(32)20(31)19(21)30/h14-15,17-26,28-32H,2-13H2,1H3/t14-,15-,17+,18+,19-,20-,21-,22-,23-,24+/m1/s1. The normalized spacial score (nSPS) is 37.1. The molecule has 2 saturated heterocycles. The van der Waals surface area contributed by atoms with Gasteiger partial charge in [-0.2, -0.15) is 0 Å². The molecule has 7 N–H and O–H groups in total. The average molecular weight is 525 g/mol. The van der Waals surface area contributed by atoms with E-state index in [1.54, 1.807) is 0 Å². The minimum Gasteiger partial charge on any atom is -0.454 e. The maximum atomic E-state index is 12.5. The van der Waals surface area contributed by atoms with Crippen LogP contribution in [0, 0.1) is 0 Å². The van der Waals surface area contributed by atoms with Crippen molar-refractivity contribution in [3.05, 3.63) is 0 Å². The molecule has 2 aliphatic heterocycles. The van der Waals surface area contributed by atoms with E-state index in [0.29, 0.717) is 6.42 Å². The molecule has 0 aromatic heterocycles. The van der Waals surface area contributed by atoms with E-state index < -0.39 is 80.6 Å². The molecule has 212 valence electrons. The molecule has 12 heteroatoms. The third kappa shape index (κ3) is 8.83. The molecule has 0 saturated carbocycles. The highest BCUT2D eigenvalue weighted by Gasteiger charge is 2.51. The lowest BCUT2D eigenvalue weighted by Crippen LogP contribution is -2.65. The minimum absolute atomic E-state index is 0.0740. The number of hydrogen-bond acceptors (Lipinski definition) is 12. The van der Waals surface area contributed by atoms with E-state index in [-0.39, 0.29) is 6.42 Å². The van der Waals surface area contributed by atoms with Crippen LogP contribution in [0.15, 0.2) is 0 Å². The Morgan fingerprint density at radius 1 is 0.694 bits per heavy atom. The summed E-state index contributed by atoms with van der Waals surface area (Å²) in [7, 11) is 0. The molecule has 2 aliphatic rings. The van der Waals surface area contributed by atoms with Gasteiger partial charge in [-0.25, -0.2) is 0 Å². The minimum atomic E-state index is -1.77. The van der Waals surface area contributed by atoms with Gasteiger partial charge in [0.2, 0.25) is 0 Å². The summed E-state index contributed by atoms with van der Waals surface area (Å²) in [6.07, 6.45) is -6.00. The first-order valence-corrected chi connectivity index (χ1v) is 13.0. The van der Waals surface area contributed by atoms with Gasteiger partial charge >= 0.3 is 5.97 Å². The fourth-order valence-corrected chi connectivity index (χ4v) is 4.47. The number of carbonyl (C=O) groups excluding carboxylic acids is 1.